The number of ether oxygens (including phenoxy) is 2. The first kappa shape index (κ1) is 26.8. The lowest BCUT2D eigenvalue weighted by Crippen LogP contribution is -2.45. The maximum atomic E-state index is 13.7. The van der Waals surface area contributed by atoms with E-state index in [0.717, 1.165) is 16.9 Å². The maximum Gasteiger partial charge on any atom is 0.261 e. The number of carbonyl (C=O) groups is 2. The Hall–Kier alpha value is -4.29. The summed E-state index contributed by atoms with van der Waals surface area (Å²) in [6, 6.07) is 32.2. The van der Waals surface area contributed by atoms with Crippen molar-refractivity contribution in [2.75, 3.05) is 13.7 Å². The number of para-hydroxylation sites is 1. The standard InChI is InChI=1S/C31H29ClN2O4/c1-37-27-18-14-23(15-19-27)20-33-31(36)30(25-8-4-2-5-9-25)34(21-24-12-16-26(32)17-13-24)29(35)22-38-28-10-6-3-7-11-28/h2-19,30H,20-22H2,1H3,(H,33,36). The molecule has 0 aliphatic rings. The second-order valence-electron chi connectivity index (χ2n) is 8.63. The van der Waals surface area contributed by atoms with Gasteiger partial charge in [0, 0.05) is 18.1 Å². The van der Waals surface area contributed by atoms with Crippen LogP contribution in [0.1, 0.15) is 22.7 Å². The van der Waals surface area contributed by atoms with Crippen LogP contribution in [0.3, 0.4) is 0 Å². The van der Waals surface area contributed by atoms with Gasteiger partial charge >= 0.3 is 0 Å². The number of halogens is 1. The molecule has 6 nitrogen and oxygen atoms in total. The van der Waals surface area contributed by atoms with Gasteiger partial charge in [-0.15, -0.1) is 0 Å². The van der Waals surface area contributed by atoms with Crippen molar-refractivity contribution in [1.29, 1.82) is 0 Å². The molecule has 0 bridgehead atoms. The molecule has 4 rings (SSSR count). The molecule has 0 aliphatic heterocycles. The van der Waals surface area contributed by atoms with E-state index in [4.69, 9.17) is 21.1 Å². The molecular weight excluding hydrogens is 500 g/mol. The molecule has 0 spiro atoms. The lowest BCUT2D eigenvalue weighted by atomic mass is 10.0. The number of benzene rings is 4. The van der Waals surface area contributed by atoms with E-state index in [1.54, 1.807) is 36.3 Å². The molecule has 38 heavy (non-hydrogen) atoms. The summed E-state index contributed by atoms with van der Waals surface area (Å²) in [5.41, 5.74) is 2.45. The highest BCUT2D eigenvalue weighted by molar-refractivity contribution is 6.30. The molecule has 7 heteroatoms. The molecule has 0 saturated heterocycles. The molecule has 0 radical (unpaired) electrons. The van der Waals surface area contributed by atoms with Crippen molar-refractivity contribution in [3.8, 4) is 11.5 Å². The number of hydrogen-bond acceptors (Lipinski definition) is 4. The summed E-state index contributed by atoms with van der Waals surface area (Å²) in [4.78, 5) is 28.9. The molecule has 0 aromatic heterocycles. The number of nitrogens with one attached hydrogen (secondary N) is 1. The average Bonchev–Trinajstić information content (AvgIpc) is 2.97. The van der Waals surface area contributed by atoms with Crippen LogP contribution in [0.15, 0.2) is 109 Å². The first-order valence-electron chi connectivity index (χ1n) is 12.2. The lowest BCUT2D eigenvalue weighted by molar-refractivity contribution is -0.143. The third-order valence-corrected chi connectivity index (χ3v) is 6.25. The fourth-order valence-electron chi connectivity index (χ4n) is 3.99. The summed E-state index contributed by atoms with van der Waals surface area (Å²) >= 11 is 6.08. The second-order valence-corrected chi connectivity index (χ2v) is 9.07. The van der Waals surface area contributed by atoms with Gasteiger partial charge in [0.1, 0.15) is 17.5 Å². The number of nitrogens with zero attached hydrogens (tertiary/aromatic N) is 1. The zero-order chi connectivity index (χ0) is 26.7. The Kier molecular flexibility index (Phi) is 9.37. The Labute approximate surface area is 227 Å². The van der Waals surface area contributed by atoms with E-state index in [1.165, 1.54) is 0 Å². The van der Waals surface area contributed by atoms with Crippen LogP contribution in [-0.2, 0) is 22.7 Å². The zero-order valence-corrected chi connectivity index (χ0v) is 21.8. The van der Waals surface area contributed by atoms with Crippen LogP contribution >= 0.6 is 11.6 Å². The molecule has 4 aromatic carbocycles. The van der Waals surface area contributed by atoms with E-state index in [1.807, 2.05) is 84.9 Å². The normalized spacial score (nSPS) is 11.3. The molecule has 0 fully saturated rings. The predicted octanol–water partition coefficient (Wildman–Crippen LogP) is 5.81. The Balaban J connectivity index is 1.61. The van der Waals surface area contributed by atoms with Gasteiger partial charge in [-0.05, 0) is 53.1 Å². The van der Waals surface area contributed by atoms with E-state index in [2.05, 4.69) is 5.32 Å². The van der Waals surface area contributed by atoms with Crippen molar-refractivity contribution in [3.63, 3.8) is 0 Å². The Morgan fingerprint density at radius 3 is 2.03 bits per heavy atom. The third kappa shape index (κ3) is 7.37. The fourth-order valence-corrected chi connectivity index (χ4v) is 4.12. The lowest BCUT2D eigenvalue weighted by Gasteiger charge is -2.31. The highest BCUT2D eigenvalue weighted by Crippen LogP contribution is 2.25. The summed E-state index contributed by atoms with van der Waals surface area (Å²) in [7, 11) is 1.61. The van der Waals surface area contributed by atoms with Crippen molar-refractivity contribution < 1.29 is 19.1 Å². The number of amides is 2. The molecule has 1 N–H and O–H groups in total. The van der Waals surface area contributed by atoms with E-state index in [9.17, 15) is 9.59 Å². The summed E-state index contributed by atoms with van der Waals surface area (Å²) in [6.07, 6.45) is 0. The van der Waals surface area contributed by atoms with Crippen LogP contribution < -0.4 is 14.8 Å². The maximum absolute atomic E-state index is 13.7. The topological polar surface area (TPSA) is 67.9 Å². The fraction of sp³-hybridized carbons (Fsp3) is 0.161. The van der Waals surface area contributed by atoms with Gasteiger partial charge in [-0.3, -0.25) is 9.59 Å². The van der Waals surface area contributed by atoms with E-state index in [-0.39, 0.29) is 25.0 Å². The molecule has 2 amide bonds. The molecule has 0 aliphatic carbocycles. The van der Waals surface area contributed by atoms with Crippen LogP contribution in [0.5, 0.6) is 11.5 Å². The van der Waals surface area contributed by atoms with Crippen LogP contribution in [0.4, 0.5) is 0 Å². The van der Waals surface area contributed by atoms with Crippen LogP contribution in [0, 0.1) is 0 Å². The van der Waals surface area contributed by atoms with Crippen LogP contribution in [0.2, 0.25) is 5.02 Å². The van der Waals surface area contributed by atoms with Gasteiger partial charge in [-0.1, -0.05) is 84.4 Å². The number of methoxy groups -OCH3 is 1. The Morgan fingerprint density at radius 2 is 1.39 bits per heavy atom. The van der Waals surface area contributed by atoms with Gasteiger partial charge in [-0.2, -0.15) is 0 Å². The monoisotopic (exact) mass is 528 g/mol. The van der Waals surface area contributed by atoms with Crippen molar-refractivity contribution in [2.24, 2.45) is 0 Å². The number of rotatable bonds is 11. The number of hydrogen-bond donors (Lipinski definition) is 1. The molecule has 1 atom stereocenters. The van der Waals surface area contributed by atoms with E-state index < -0.39 is 6.04 Å². The van der Waals surface area contributed by atoms with Gasteiger partial charge in [0.15, 0.2) is 6.61 Å². The van der Waals surface area contributed by atoms with Crippen molar-refractivity contribution >= 4 is 23.4 Å². The minimum Gasteiger partial charge on any atom is -0.497 e. The third-order valence-electron chi connectivity index (χ3n) is 5.99. The summed E-state index contributed by atoms with van der Waals surface area (Å²) in [5, 5.41) is 3.60. The van der Waals surface area contributed by atoms with E-state index in [0.29, 0.717) is 22.9 Å². The van der Waals surface area contributed by atoms with Gasteiger partial charge in [-0.25, -0.2) is 0 Å². The Bertz CT molecular complexity index is 1310. The summed E-state index contributed by atoms with van der Waals surface area (Å²) in [6.45, 7) is 0.284. The van der Waals surface area contributed by atoms with Crippen LogP contribution in [-0.4, -0.2) is 30.4 Å². The van der Waals surface area contributed by atoms with Gasteiger partial charge in [0.25, 0.3) is 5.91 Å². The van der Waals surface area contributed by atoms with Crippen molar-refractivity contribution in [2.45, 2.75) is 19.1 Å². The summed E-state index contributed by atoms with van der Waals surface area (Å²) < 4.78 is 11.0. The summed E-state index contributed by atoms with van der Waals surface area (Å²) in [5.74, 6) is 0.694. The zero-order valence-electron chi connectivity index (χ0n) is 21.0. The number of carbonyl (C=O) groups excluding carboxylic acids is 2. The largest absolute Gasteiger partial charge is 0.497 e. The average molecular weight is 529 g/mol. The highest BCUT2D eigenvalue weighted by atomic mass is 35.5. The molecule has 4 aromatic rings. The molecule has 0 heterocycles. The molecule has 1 unspecified atom stereocenters. The second kappa shape index (κ2) is 13.3. The van der Waals surface area contributed by atoms with E-state index >= 15 is 0 Å². The van der Waals surface area contributed by atoms with Crippen molar-refractivity contribution in [1.82, 2.24) is 10.2 Å². The highest BCUT2D eigenvalue weighted by Gasteiger charge is 2.31. The first-order valence-corrected chi connectivity index (χ1v) is 12.6. The van der Waals surface area contributed by atoms with Gasteiger partial charge in [0.05, 0.1) is 7.11 Å². The molecule has 194 valence electrons. The molecular formula is C31H29ClN2O4. The SMILES string of the molecule is COc1ccc(CNC(=O)C(c2ccccc2)N(Cc2ccc(Cl)cc2)C(=O)COc2ccccc2)cc1. The first-order chi connectivity index (χ1) is 18.5. The smallest absolute Gasteiger partial charge is 0.261 e. The van der Waals surface area contributed by atoms with Crippen molar-refractivity contribution in [3.05, 3.63) is 131 Å². The van der Waals surface area contributed by atoms with Crippen LogP contribution in [0.25, 0.3) is 0 Å². The Morgan fingerprint density at radius 1 is 0.789 bits per heavy atom. The minimum absolute atomic E-state index is 0.198. The van der Waals surface area contributed by atoms with Gasteiger partial charge < -0.3 is 19.7 Å². The minimum atomic E-state index is -0.878. The van der Waals surface area contributed by atoms with Gasteiger partial charge in [0.2, 0.25) is 5.91 Å². The predicted molar refractivity (Wildman–Crippen MR) is 148 cm³/mol. The molecule has 0 saturated carbocycles. The quantitative estimate of drug-likeness (QED) is 0.266.